The lowest BCUT2D eigenvalue weighted by atomic mass is 9.89. The minimum Gasteiger partial charge on any atom is -0.314 e. The van der Waals surface area contributed by atoms with Crippen LogP contribution in [0.5, 0.6) is 0 Å². The van der Waals surface area contributed by atoms with E-state index in [-0.39, 0.29) is 0 Å². The third kappa shape index (κ3) is 2.95. The van der Waals surface area contributed by atoms with Gasteiger partial charge in [0.25, 0.3) is 0 Å². The van der Waals surface area contributed by atoms with Gasteiger partial charge in [0.05, 0.1) is 0 Å². The largest absolute Gasteiger partial charge is 0.314 e. The molecule has 1 aromatic rings. The maximum Gasteiger partial charge on any atom is 0.00954 e. The maximum absolute atomic E-state index is 3.63. The van der Waals surface area contributed by atoms with Crippen molar-refractivity contribution >= 4 is 0 Å². The Morgan fingerprint density at radius 3 is 2.61 bits per heavy atom. The normalized spacial score (nSPS) is 27.7. The number of rotatable bonds is 4. The van der Waals surface area contributed by atoms with Gasteiger partial charge in [-0.05, 0) is 68.2 Å². The molecular weight excluding hydrogens is 218 g/mol. The van der Waals surface area contributed by atoms with Crippen LogP contribution in [0.1, 0.15) is 43.4 Å². The van der Waals surface area contributed by atoms with Crippen molar-refractivity contribution in [1.82, 2.24) is 5.32 Å². The average Bonchev–Trinajstić information content (AvgIpc) is 2.67. The van der Waals surface area contributed by atoms with Gasteiger partial charge in [0, 0.05) is 6.04 Å². The molecule has 0 aromatic heterocycles. The van der Waals surface area contributed by atoms with Crippen LogP contribution in [-0.4, -0.2) is 12.6 Å². The molecule has 1 heteroatoms. The first-order valence-electron chi connectivity index (χ1n) is 7.41. The molecular formula is C17H27N. The molecule has 1 fully saturated rings. The lowest BCUT2D eigenvalue weighted by molar-refractivity contribution is 0.355. The van der Waals surface area contributed by atoms with Gasteiger partial charge in [-0.1, -0.05) is 32.0 Å². The summed E-state index contributed by atoms with van der Waals surface area (Å²) < 4.78 is 0. The zero-order valence-corrected chi connectivity index (χ0v) is 12.3. The van der Waals surface area contributed by atoms with Gasteiger partial charge in [0.15, 0.2) is 0 Å². The molecule has 1 N–H and O–H groups in total. The van der Waals surface area contributed by atoms with E-state index in [9.17, 15) is 0 Å². The molecule has 0 bridgehead atoms. The van der Waals surface area contributed by atoms with Crippen molar-refractivity contribution in [2.45, 2.75) is 53.0 Å². The average molecular weight is 245 g/mol. The zero-order chi connectivity index (χ0) is 13.1. The highest BCUT2D eigenvalue weighted by Crippen LogP contribution is 2.34. The molecule has 0 spiro atoms. The number of hydrogen-bond donors (Lipinski definition) is 1. The van der Waals surface area contributed by atoms with Crippen LogP contribution in [0.2, 0.25) is 0 Å². The van der Waals surface area contributed by atoms with Crippen LogP contribution in [0, 0.1) is 25.7 Å². The summed E-state index contributed by atoms with van der Waals surface area (Å²) in [5, 5.41) is 3.63. The number of benzene rings is 1. The highest BCUT2D eigenvalue weighted by atomic mass is 14.9. The van der Waals surface area contributed by atoms with E-state index in [0.717, 1.165) is 24.4 Å². The smallest absolute Gasteiger partial charge is 0.00954 e. The Bertz CT molecular complexity index is 397. The first-order chi connectivity index (χ1) is 8.61. The molecule has 1 nitrogen and oxygen atoms in total. The zero-order valence-electron chi connectivity index (χ0n) is 12.3. The van der Waals surface area contributed by atoms with Crippen molar-refractivity contribution in [2.24, 2.45) is 11.8 Å². The van der Waals surface area contributed by atoms with Gasteiger partial charge in [0.1, 0.15) is 0 Å². The molecule has 3 atom stereocenters. The van der Waals surface area contributed by atoms with Gasteiger partial charge in [-0.2, -0.15) is 0 Å². The Morgan fingerprint density at radius 1 is 1.17 bits per heavy atom. The molecule has 1 saturated carbocycles. The van der Waals surface area contributed by atoms with Crippen LogP contribution in [0.25, 0.3) is 0 Å². The second-order valence-corrected chi connectivity index (χ2v) is 5.98. The lowest BCUT2D eigenvalue weighted by Gasteiger charge is -2.21. The summed E-state index contributed by atoms with van der Waals surface area (Å²) in [6.45, 7) is 10.2. The van der Waals surface area contributed by atoms with Crippen molar-refractivity contribution < 1.29 is 0 Å². The fourth-order valence-corrected chi connectivity index (χ4v) is 3.32. The van der Waals surface area contributed by atoms with Crippen LogP contribution < -0.4 is 5.32 Å². The molecule has 18 heavy (non-hydrogen) atoms. The van der Waals surface area contributed by atoms with E-state index in [1.54, 1.807) is 0 Å². The first kappa shape index (κ1) is 13.6. The second-order valence-electron chi connectivity index (χ2n) is 5.98. The van der Waals surface area contributed by atoms with Crippen LogP contribution in [0.15, 0.2) is 18.2 Å². The topological polar surface area (TPSA) is 12.0 Å². The third-order valence-corrected chi connectivity index (χ3v) is 4.76. The molecule has 2 rings (SSSR count). The summed E-state index contributed by atoms with van der Waals surface area (Å²) in [6, 6.07) is 7.70. The Kier molecular flexibility index (Phi) is 4.45. The quantitative estimate of drug-likeness (QED) is 0.849. The summed E-state index contributed by atoms with van der Waals surface area (Å²) in [5.74, 6) is 1.67. The summed E-state index contributed by atoms with van der Waals surface area (Å²) in [4.78, 5) is 0. The van der Waals surface area contributed by atoms with Gasteiger partial charge < -0.3 is 5.32 Å². The van der Waals surface area contributed by atoms with Gasteiger partial charge in [0.2, 0.25) is 0 Å². The van der Waals surface area contributed by atoms with Crippen molar-refractivity contribution in [2.75, 3.05) is 6.54 Å². The summed E-state index contributed by atoms with van der Waals surface area (Å²) in [7, 11) is 0. The molecule has 0 amide bonds. The van der Waals surface area contributed by atoms with E-state index in [0.29, 0.717) is 0 Å². The number of hydrogen-bond acceptors (Lipinski definition) is 1. The summed E-state index contributed by atoms with van der Waals surface area (Å²) >= 11 is 0. The van der Waals surface area contributed by atoms with Gasteiger partial charge >= 0.3 is 0 Å². The molecule has 0 radical (unpaired) electrons. The van der Waals surface area contributed by atoms with Crippen LogP contribution in [-0.2, 0) is 6.42 Å². The van der Waals surface area contributed by atoms with Gasteiger partial charge in [-0.25, -0.2) is 0 Å². The minimum absolute atomic E-state index is 0.742. The van der Waals surface area contributed by atoms with E-state index < -0.39 is 0 Å². The Hall–Kier alpha value is -0.820. The van der Waals surface area contributed by atoms with E-state index in [1.165, 1.54) is 36.0 Å². The molecule has 3 unspecified atom stereocenters. The first-order valence-corrected chi connectivity index (χ1v) is 7.41. The Morgan fingerprint density at radius 2 is 1.94 bits per heavy atom. The van der Waals surface area contributed by atoms with E-state index in [1.807, 2.05) is 0 Å². The molecule has 1 aliphatic rings. The molecule has 100 valence electrons. The predicted octanol–water partition coefficient (Wildman–Crippen LogP) is 3.87. The lowest BCUT2D eigenvalue weighted by Crippen LogP contribution is -2.32. The van der Waals surface area contributed by atoms with Crippen molar-refractivity contribution in [3.8, 4) is 0 Å². The van der Waals surface area contributed by atoms with E-state index in [4.69, 9.17) is 0 Å². The Labute approximate surface area is 112 Å². The fourth-order valence-electron chi connectivity index (χ4n) is 3.32. The highest BCUT2D eigenvalue weighted by Gasteiger charge is 2.31. The molecule has 0 aliphatic heterocycles. The number of aryl methyl sites for hydroxylation is 2. The summed E-state index contributed by atoms with van der Waals surface area (Å²) in [5.41, 5.74) is 4.36. The molecule has 0 saturated heterocycles. The maximum atomic E-state index is 3.63. The predicted molar refractivity (Wildman–Crippen MR) is 79.0 cm³/mol. The fraction of sp³-hybridized carbons (Fsp3) is 0.647. The van der Waals surface area contributed by atoms with Crippen LogP contribution in [0.4, 0.5) is 0 Å². The SMILES string of the molecule is CCNC1CCC(Cc2ccc(C)c(C)c2)C1C. The van der Waals surface area contributed by atoms with Crippen molar-refractivity contribution in [1.29, 1.82) is 0 Å². The van der Waals surface area contributed by atoms with E-state index in [2.05, 4.69) is 51.2 Å². The number of nitrogens with one attached hydrogen (secondary N) is 1. The van der Waals surface area contributed by atoms with E-state index >= 15 is 0 Å². The summed E-state index contributed by atoms with van der Waals surface area (Å²) in [6.07, 6.45) is 3.99. The minimum atomic E-state index is 0.742. The Balaban J connectivity index is 1.99. The van der Waals surface area contributed by atoms with Gasteiger partial charge in [-0.3, -0.25) is 0 Å². The monoisotopic (exact) mass is 245 g/mol. The van der Waals surface area contributed by atoms with Gasteiger partial charge in [-0.15, -0.1) is 0 Å². The van der Waals surface area contributed by atoms with Crippen molar-refractivity contribution in [3.05, 3.63) is 34.9 Å². The molecule has 1 aromatic carbocycles. The second kappa shape index (κ2) is 5.88. The highest BCUT2D eigenvalue weighted by molar-refractivity contribution is 5.30. The third-order valence-electron chi connectivity index (χ3n) is 4.76. The van der Waals surface area contributed by atoms with Crippen LogP contribution >= 0.6 is 0 Å². The molecule has 0 heterocycles. The molecule has 1 aliphatic carbocycles. The van der Waals surface area contributed by atoms with Crippen molar-refractivity contribution in [3.63, 3.8) is 0 Å². The van der Waals surface area contributed by atoms with Crippen LogP contribution in [0.3, 0.4) is 0 Å². The standard InChI is InChI=1S/C17H27N/c1-5-18-17-9-8-16(14(17)4)11-15-7-6-12(2)13(3)10-15/h6-7,10,14,16-18H,5,8-9,11H2,1-4H3.